The Balaban J connectivity index is 1.26. The van der Waals surface area contributed by atoms with Gasteiger partial charge < -0.3 is 34.9 Å². The highest BCUT2D eigenvalue weighted by Crippen LogP contribution is 2.33. The number of imide groups is 2. The topological polar surface area (TPSA) is 191 Å². The van der Waals surface area contributed by atoms with Crippen LogP contribution in [0.5, 0.6) is 5.75 Å². The summed E-state index contributed by atoms with van der Waals surface area (Å²) in [5.74, 6) is -3.02. The smallest absolute Gasteiger partial charge is 0.266 e. The molecule has 2 aliphatic rings. The molecule has 1 aromatic rings. The van der Waals surface area contributed by atoms with E-state index in [1.165, 1.54) is 18.2 Å². The van der Waals surface area contributed by atoms with Gasteiger partial charge in [0, 0.05) is 32.5 Å². The second kappa shape index (κ2) is 17.1. The van der Waals surface area contributed by atoms with Crippen molar-refractivity contribution >= 4 is 35.4 Å². The highest BCUT2D eigenvalue weighted by atomic mass is 16.5. The number of fused-ring (bicyclic) bond motifs is 1. The molecule has 1 fully saturated rings. The molecule has 2 heterocycles. The third-order valence-electron chi connectivity index (χ3n) is 6.27. The molecule has 0 spiro atoms. The molecule has 1 unspecified atom stereocenters. The van der Waals surface area contributed by atoms with Gasteiger partial charge in [0.15, 0.2) is 6.61 Å². The first-order valence-corrected chi connectivity index (χ1v) is 13.7. The molecule has 0 saturated carbocycles. The minimum absolute atomic E-state index is 0.0132. The van der Waals surface area contributed by atoms with Gasteiger partial charge >= 0.3 is 0 Å². The number of nitrogens with zero attached hydrogens (tertiary/aromatic N) is 1. The number of carbonyl (C=O) groups excluding carboxylic acids is 6. The molecule has 1 atom stereocenters. The number of rotatable bonds is 19. The van der Waals surface area contributed by atoms with Gasteiger partial charge in [0.25, 0.3) is 17.7 Å². The van der Waals surface area contributed by atoms with E-state index in [2.05, 4.69) is 21.3 Å². The van der Waals surface area contributed by atoms with E-state index in [0.29, 0.717) is 46.1 Å². The second-order valence-electron chi connectivity index (χ2n) is 9.31. The van der Waals surface area contributed by atoms with Crippen molar-refractivity contribution in [3.8, 4) is 5.75 Å². The van der Waals surface area contributed by atoms with E-state index >= 15 is 0 Å². The van der Waals surface area contributed by atoms with Crippen LogP contribution in [0.2, 0.25) is 0 Å². The number of likely N-dealkylation sites (N-methyl/N-ethyl adjacent to an activating group) is 1. The maximum Gasteiger partial charge on any atom is 0.266 e. The van der Waals surface area contributed by atoms with E-state index in [9.17, 15) is 28.8 Å². The van der Waals surface area contributed by atoms with Gasteiger partial charge in [-0.1, -0.05) is 6.07 Å². The first-order chi connectivity index (χ1) is 20.3. The largest absolute Gasteiger partial charge is 0.483 e. The standard InChI is InChI=1S/C27H37N5O10/c1-28-8-9-29-21(33)7-11-39-13-15-41-16-14-40-12-10-30-23(35)17-42-20-4-2-3-18-24(20)27(38)32(26(18)37)19-5-6-22(34)31-25(19)36/h2-4,19,28H,5-17H2,1H3,(H,29,33)(H,30,35)(H,31,34,36). The predicted molar refractivity (Wildman–Crippen MR) is 146 cm³/mol. The summed E-state index contributed by atoms with van der Waals surface area (Å²) in [7, 11) is 1.81. The molecule has 15 nitrogen and oxygen atoms in total. The predicted octanol–water partition coefficient (Wildman–Crippen LogP) is -1.64. The Bertz CT molecular complexity index is 1140. The van der Waals surface area contributed by atoms with Crippen LogP contribution in [0.4, 0.5) is 0 Å². The number of benzene rings is 1. The first-order valence-electron chi connectivity index (χ1n) is 13.7. The summed E-state index contributed by atoms with van der Waals surface area (Å²) >= 11 is 0. The van der Waals surface area contributed by atoms with Gasteiger partial charge in [0.1, 0.15) is 11.8 Å². The van der Waals surface area contributed by atoms with Gasteiger partial charge in [-0.2, -0.15) is 0 Å². The average Bonchev–Trinajstić information content (AvgIpc) is 3.22. The maximum absolute atomic E-state index is 13.1. The van der Waals surface area contributed by atoms with Gasteiger partial charge in [-0.25, -0.2) is 0 Å². The zero-order chi connectivity index (χ0) is 30.3. The highest BCUT2D eigenvalue weighted by molar-refractivity contribution is 6.24. The quantitative estimate of drug-likeness (QED) is 0.107. The van der Waals surface area contributed by atoms with Crippen LogP contribution in [0.3, 0.4) is 0 Å². The molecular formula is C27H37N5O10. The molecule has 4 N–H and O–H groups in total. The number of hydrogen-bond donors (Lipinski definition) is 4. The van der Waals surface area contributed by atoms with Crippen LogP contribution in [0.1, 0.15) is 40.0 Å². The molecule has 0 aliphatic carbocycles. The Morgan fingerprint density at radius 1 is 0.881 bits per heavy atom. The summed E-state index contributed by atoms with van der Waals surface area (Å²) in [6.07, 6.45) is 0.341. The first kappa shape index (κ1) is 32.6. The molecule has 15 heteroatoms. The Kier molecular flexibility index (Phi) is 13.3. The Hall–Kier alpha value is -3.92. The van der Waals surface area contributed by atoms with Crippen molar-refractivity contribution < 1.29 is 47.7 Å². The van der Waals surface area contributed by atoms with Crippen LogP contribution >= 0.6 is 0 Å². The summed E-state index contributed by atoms with van der Waals surface area (Å²) in [4.78, 5) is 74.2. The molecule has 42 heavy (non-hydrogen) atoms. The van der Waals surface area contributed by atoms with Gasteiger partial charge in [0.05, 0.1) is 50.8 Å². The number of hydrogen-bond acceptors (Lipinski definition) is 11. The molecule has 3 rings (SSSR count). The number of amides is 6. The Morgan fingerprint density at radius 3 is 2.29 bits per heavy atom. The molecule has 230 valence electrons. The lowest BCUT2D eigenvalue weighted by Gasteiger charge is -2.27. The normalized spacial score (nSPS) is 16.3. The minimum Gasteiger partial charge on any atom is -0.483 e. The molecule has 0 radical (unpaired) electrons. The van der Waals surface area contributed by atoms with Crippen LogP contribution in [0.25, 0.3) is 0 Å². The van der Waals surface area contributed by atoms with Crippen LogP contribution in [-0.2, 0) is 33.4 Å². The maximum atomic E-state index is 13.1. The lowest BCUT2D eigenvalue weighted by atomic mass is 10.0. The van der Waals surface area contributed by atoms with Crippen molar-refractivity contribution in [3.05, 3.63) is 29.3 Å². The fraction of sp³-hybridized carbons (Fsp3) is 0.556. The lowest BCUT2D eigenvalue weighted by Crippen LogP contribution is -2.54. The van der Waals surface area contributed by atoms with Gasteiger partial charge in [-0.05, 0) is 25.6 Å². The summed E-state index contributed by atoms with van der Waals surface area (Å²) in [5, 5.41) is 10.5. The van der Waals surface area contributed by atoms with Crippen molar-refractivity contribution in [2.45, 2.75) is 25.3 Å². The number of carbonyl (C=O) groups is 6. The Morgan fingerprint density at radius 2 is 1.57 bits per heavy atom. The SMILES string of the molecule is CNCCNC(=O)CCOCCOCCOCCNC(=O)COc1cccc2c1C(=O)N(C1CCC(=O)NC1=O)C2=O. The van der Waals surface area contributed by atoms with E-state index in [1.54, 1.807) is 0 Å². The zero-order valence-electron chi connectivity index (χ0n) is 23.5. The molecule has 2 aliphatic heterocycles. The van der Waals surface area contributed by atoms with E-state index in [-0.39, 0.29) is 55.2 Å². The van der Waals surface area contributed by atoms with E-state index in [0.717, 1.165) is 4.90 Å². The molecule has 1 aromatic carbocycles. The monoisotopic (exact) mass is 591 g/mol. The van der Waals surface area contributed by atoms with Gasteiger partial charge in [-0.15, -0.1) is 0 Å². The zero-order valence-corrected chi connectivity index (χ0v) is 23.5. The molecule has 1 saturated heterocycles. The van der Waals surface area contributed by atoms with Crippen LogP contribution < -0.4 is 26.0 Å². The van der Waals surface area contributed by atoms with Crippen LogP contribution in [0, 0.1) is 0 Å². The number of ether oxygens (including phenoxy) is 4. The average molecular weight is 592 g/mol. The van der Waals surface area contributed by atoms with Crippen molar-refractivity contribution in [2.75, 3.05) is 72.9 Å². The minimum atomic E-state index is -1.09. The van der Waals surface area contributed by atoms with Crippen molar-refractivity contribution in [1.82, 2.24) is 26.2 Å². The molecule has 0 aromatic heterocycles. The highest BCUT2D eigenvalue weighted by Gasteiger charge is 2.46. The fourth-order valence-corrected chi connectivity index (χ4v) is 4.18. The third kappa shape index (κ3) is 9.58. The summed E-state index contributed by atoms with van der Waals surface area (Å²) < 4.78 is 21.7. The van der Waals surface area contributed by atoms with Crippen molar-refractivity contribution in [1.29, 1.82) is 0 Å². The van der Waals surface area contributed by atoms with Crippen molar-refractivity contribution in [3.63, 3.8) is 0 Å². The molecule has 6 amide bonds. The third-order valence-corrected chi connectivity index (χ3v) is 6.27. The fourth-order valence-electron chi connectivity index (χ4n) is 4.18. The van der Waals surface area contributed by atoms with E-state index in [1.807, 2.05) is 7.05 Å². The Labute approximate surface area is 242 Å². The number of piperidine rings is 1. The van der Waals surface area contributed by atoms with Gasteiger partial charge in [0.2, 0.25) is 17.7 Å². The van der Waals surface area contributed by atoms with Gasteiger partial charge in [-0.3, -0.25) is 39.0 Å². The summed E-state index contributed by atoms with van der Waals surface area (Å²) in [6.45, 7) is 3.03. The molecular weight excluding hydrogens is 554 g/mol. The summed E-state index contributed by atoms with van der Waals surface area (Å²) in [6, 6.07) is 3.32. The summed E-state index contributed by atoms with van der Waals surface area (Å²) in [5.41, 5.74) is 0.0346. The van der Waals surface area contributed by atoms with Crippen molar-refractivity contribution in [2.24, 2.45) is 0 Å². The van der Waals surface area contributed by atoms with Crippen LogP contribution in [0.15, 0.2) is 18.2 Å². The van der Waals surface area contributed by atoms with E-state index < -0.39 is 42.2 Å². The molecule has 0 bridgehead atoms. The second-order valence-corrected chi connectivity index (χ2v) is 9.31. The van der Waals surface area contributed by atoms with E-state index in [4.69, 9.17) is 18.9 Å². The lowest BCUT2D eigenvalue weighted by molar-refractivity contribution is -0.136. The number of nitrogens with one attached hydrogen (secondary N) is 4. The van der Waals surface area contributed by atoms with Crippen LogP contribution in [-0.4, -0.2) is 119 Å².